The SMILES string of the molecule is CC(CN1CCCC1)NCc1[nH]nc2ccccc12. The second kappa shape index (κ2) is 5.72. The highest BCUT2D eigenvalue weighted by Crippen LogP contribution is 2.15. The number of hydrogen-bond donors (Lipinski definition) is 2. The predicted molar refractivity (Wildman–Crippen MR) is 78.1 cm³/mol. The standard InChI is InChI=1S/C15H22N4/c1-12(11-19-8-4-5-9-19)16-10-15-13-6-2-3-7-14(13)17-18-15/h2-3,6-7,12,16H,4-5,8-11H2,1H3,(H,17,18). The summed E-state index contributed by atoms with van der Waals surface area (Å²) < 4.78 is 0. The molecule has 102 valence electrons. The van der Waals surface area contributed by atoms with Gasteiger partial charge in [0.2, 0.25) is 0 Å². The lowest BCUT2D eigenvalue weighted by Crippen LogP contribution is -2.37. The van der Waals surface area contributed by atoms with Gasteiger partial charge in [0.15, 0.2) is 0 Å². The summed E-state index contributed by atoms with van der Waals surface area (Å²) in [5, 5.41) is 12.3. The third-order valence-electron chi connectivity index (χ3n) is 3.90. The highest BCUT2D eigenvalue weighted by Gasteiger charge is 2.14. The van der Waals surface area contributed by atoms with Crippen LogP contribution in [0.1, 0.15) is 25.5 Å². The third-order valence-corrected chi connectivity index (χ3v) is 3.90. The van der Waals surface area contributed by atoms with Crippen molar-refractivity contribution in [2.45, 2.75) is 32.4 Å². The fraction of sp³-hybridized carbons (Fsp3) is 0.533. The first-order valence-electron chi connectivity index (χ1n) is 7.20. The second-order valence-electron chi connectivity index (χ2n) is 5.51. The molecule has 1 aliphatic rings. The van der Waals surface area contributed by atoms with Crippen LogP contribution in [0.4, 0.5) is 0 Å². The number of nitrogens with one attached hydrogen (secondary N) is 2. The molecule has 4 heteroatoms. The molecule has 1 aliphatic heterocycles. The number of aromatic nitrogens is 2. The van der Waals surface area contributed by atoms with Gasteiger partial charge in [-0.05, 0) is 38.9 Å². The van der Waals surface area contributed by atoms with Crippen LogP contribution in [0, 0.1) is 0 Å². The number of H-pyrrole nitrogens is 1. The van der Waals surface area contributed by atoms with E-state index in [0.29, 0.717) is 6.04 Å². The van der Waals surface area contributed by atoms with Crippen molar-refractivity contribution < 1.29 is 0 Å². The first-order valence-corrected chi connectivity index (χ1v) is 7.20. The molecule has 1 unspecified atom stereocenters. The van der Waals surface area contributed by atoms with Gasteiger partial charge in [-0.3, -0.25) is 5.10 Å². The summed E-state index contributed by atoms with van der Waals surface area (Å²) in [7, 11) is 0. The maximum absolute atomic E-state index is 4.32. The van der Waals surface area contributed by atoms with E-state index >= 15 is 0 Å². The van der Waals surface area contributed by atoms with Gasteiger partial charge in [-0.25, -0.2) is 0 Å². The van der Waals surface area contributed by atoms with Crippen LogP contribution in [-0.2, 0) is 6.54 Å². The number of para-hydroxylation sites is 1. The fourth-order valence-corrected chi connectivity index (χ4v) is 2.84. The fourth-order valence-electron chi connectivity index (χ4n) is 2.84. The third kappa shape index (κ3) is 2.96. The maximum Gasteiger partial charge on any atom is 0.0924 e. The molecular formula is C15H22N4. The van der Waals surface area contributed by atoms with Crippen molar-refractivity contribution in [2.75, 3.05) is 19.6 Å². The maximum atomic E-state index is 4.32. The van der Waals surface area contributed by atoms with Gasteiger partial charge >= 0.3 is 0 Å². The van der Waals surface area contributed by atoms with Gasteiger partial charge in [0.25, 0.3) is 0 Å². The van der Waals surface area contributed by atoms with Crippen molar-refractivity contribution in [3.8, 4) is 0 Å². The van der Waals surface area contributed by atoms with E-state index in [0.717, 1.165) is 18.6 Å². The monoisotopic (exact) mass is 258 g/mol. The van der Waals surface area contributed by atoms with Crippen LogP contribution in [0.2, 0.25) is 0 Å². The Bertz CT molecular complexity index is 528. The van der Waals surface area contributed by atoms with Crippen LogP contribution < -0.4 is 5.32 Å². The highest BCUT2D eigenvalue weighted by atomic mass is 15.2. The summed E-state index contributed by atoms with van der Waals surface area (Å²) in [5.74, 6) is 0. The minimum atomic E-state index is 0.514. The molecule has 2 heterocycles. The normalized spacial score (nSPS) is 18.2. The number of hydrogen-bond acceptors (Lipinski definition) is 3. The van der Waals surface area contributed by atoms with E-state index in [1.54, 1.807) is 0 Å². The lowest BCUT2D eigenvalue weighted by atomic mass is 10.2. The van der Waals surface area contributed by atoms with E-state index in [9.17, 15) is 0 Å². The van der Waals surface area contributed by atoms with E-state index in [1.165, 1.54) is 37.0 Å². The number of rotatable bonds is 5. The van der Waals surface area contributed by atoms with Gasteiger partial charge < -0.3 is 10.2 Å². The molecule has 0 saturated carbocycles. The first-order chi connectivity index (χ1) is 9.33. The molecule has 0 aliphatic carbocycles. The van der Waals surface area contributed by atoms with Crippen molar-refractivity contribution in [2.24, 2.45) is 0 Å². The Balaban J connectivity index is 1.56. The van der Waals surface area contributed by atoms with Crippen molar-refractivity contribution in [3.05, 3.63) is 30.0 Å². The van der Waals surface area contributed by atoms with Crippen LogP contribution >= 0.6 is 0 Å². The Labute approximate surface area is 114 Å². The Morgan fingerprint density at radius 3 is 2.95 bits per heavy atom. The molecule has 0 amide bonds. The van der Waals surface area contributed by atoms with Crippen LogP contribution in [0.15, 0.2) is 24.3 Å². The average molecular weight is 258 g/mol. The lowest BCUT2D eigenvalue weighted by molar-refractivity contribution is 0.298. The molecule has 2 aromatic rings. The summed E-state index contributed by atoms with van der Waals surface area (Å²) in [6.07, 6.45) is 2.72. The number of nitrogens with zero attached hydrogens (tertiary/aromatic N) is 2. The van der Waals surface area contributed by atoms with Gasteiger partial charge in [0, 0.05) is 24.5 Å². The zero-order chi connectivity index (χ0) is 13.1. The summed E-state index contributed by atoms with van der Waals surface area (Å²) in [6.45, 7) is 6.79. The van der Waals surface area contributed by atoms with Gasteiger partial charge in [-0.2, -0.15) is 5.10 Å². The molecule has 1 aromatic carbocycles. The smallest absolute Gasteiger partial charge is 0.0924 e. The van der Waals surface area contributed by atoms with Gasteiger partial charge in [-0.15, -0.1) is 0 Å². The summed E-state index contributed by atoms with van der Waals surface area (Å²) in [6, 6.07) is 8.77. The number of likely N-dealkylation sites (tertiary alicyclic amines) is 1. The average Bonchev–Trinajstić information content (AvgIpc) is 3.05. The lowest BCUT2D eigenvalue weighted by Gasteiger charge is -2.21. The minimum absolute atomic E-state index is 0.514. The molecule has 0 bridgehead atoms. The molecule has 1 atom stereocenters. The van der Waals surface area contributed by atoms with Crippen LogP contribution in [0.3, 0.4) is 0 Å². The zero-order valence-corrected chi connectivity index (χ0v) is 11.5. The summed E-state index contributed by atoms with van der Waals surface area (Å²) >= 11 is 0. The van der Waals surface area contributed by atoms with E-state index < -0.39 is 0 Å². The van der Waals surface area contributed by atoms with E-state index in [1.807, 2.05) is 12.1 Å². The van der Waals surface area contributed by atoms with Crippen molar-refractivity contribution in [3.63, 3.8) is 0 Å². The van der Waals surface area contributed by atoms with Crippen molar-refractivity contribution in [1.29, 1.82) is 0 Å². The molecule has 19 heavy (non-hydrogen) atoms. The summed E-state index contributed by atoms with van der Waals surface area (Å²) in [5.41, 5.74) is 2.23. The predicted octanol–water partition coefficient (Wildman–Crippen LogP) is 2.14. The van der Waals surface area contributed by atoms with Gasteiger partial charge in [0.1, 0.15) is 0 Å². The van der Waals surface area contributed by atoms with Crippen LogP contribution in [0.5, 0.6) is 0 Å². The van der Waals surface area contributed by atoms with Crippen LogP contribution in [-0.4, -0.2) is 40.8 Å². The van der Waals surface area contributed by atoms with E-state index in [2.05, 4.69) is 39.5 Å². The Morgan fingerprint density at radius 2 is 2.11 bits per heavy atom. The quantitative estimate of drug-likeness (QED) is 0.863. The Hall–Kier alpha value is -1.39. The first kappa shape index (κ1) is 12.6. The molecule has 1 fully saturated rings. The topological polar surface area (TPSA) is 44.0 Å². The molecule has 0 radical (unpaired) electrons. The largest absolute Gasteiger partial charge is 0.307 e. The molecular weight excluding hydrogens is 236 g/mol. The molecule has 2 N–H and O–H groups in total. The zero-order valence-electron chi connectivity index (χ0n) is 11.5. The van der Waals surface area contributed by atoms with E-state index in [4.69, 9.17) is 0 Å². The summed E-state index contributed by atoms with van der Waals surface area (Å²) in [4.78, 5) is 2.54. The minimum Gasteiger partial charge on any atom is -0.307 e. The molecule has 1 saturated heterocycles. The number of benzene rings is 1. The molecule has 4 nitrogen and oxygen atoms in total. The molecule has 3 rings (SSSR count). The van der Waals surface area contributed by atoms with Crippen molar-refractivity contribution >= 4 is 10.9 Å². The van der Waals surface area contributed by atoms with Crippen molar-refractivity contribution in [1.82, 2.24) is 20.4 Å². The number of aromatic amines is 1. The van der Waals surface area contributed by atoms with Crippen LogP contribution in [0.25, 0.3) is 10.9 Å². The number of fused-ring (bicyclic) bond motifs is 1. The second-order valence-corrected chi connectivity index (χ2v) is 5.51. The van der Waals surface area contributed by atoms with Gasteiger partial charge in [-0.1, -0.05) is 18.2 Å². The Morgan fingerprint density at radius 1 is 1.32 bits per heavy atom. The van der Waals surface area contributed by atoms with E-state index in [-0.39, 0.29) is 0 Å². The van der Waals surface area contributed by atoms with Gasteiger partial charge in [0.05, 0.1) is 11.2 Å². The molecule has 1 aromatic heterocycles. The molecule has 0 spiro atoms. The Kier molecular flexibility index (Phi) is 3.80. The highest BCUT2D eigenvalue weighted by molar-refractivity contribution is 5.81.